The predicted octanol–water partition coefficient (Wildman–Crippen LogP) is 14.7. The van der Waals surface area contributed by atoms with E-state index in [0.29, 0.717) is 5.56 Å². The van der Waals surface area contributed by atoms with E-state index >= 15 is 0 Å². The van der Waals surface area contributed by atoms with Crippen LogP contribution in [0.25, 0.3) is 94.3 Å². The van der Waals surface area contributed by atoms with Gasteiger partial charge in [0.25, 0.3) is 0 Å². The molecule has 0 saturated heterocycles. The molecule has 2 heteroatoms. The van der Waals surface area contributed by atoms with Crippen molar-refractivity contribution in [2.45, 2.75) is 0 Å². The Kier molecular flexibility index (Phi) is 8.60. The zero-order valence-electron chi connectivity index (χ0n) is 31.2. The van der Waals surface area contributed by atoms with Gasteiger partial charge in [-0.05, 0) is 140 Å². The van der Waals surface area contributed by atoms with E-state index in [9.17, 15) is 5.26 Å². The second-order valence-electron chi connectivity index (χ2n) is 14.5. The Balaban J connectivity index is 1.21. The second kappa shape index (κ2) is 14.5. The Morgan fingerprint density at radius 1 is 0.281 bits per heavy atom. The van der Waals surface area contributed by atoms with Gasteiger partial charge in [0.1, 0.15) is 6.07 Å². The summed E-state index contributed by atoms with van der Waals surface area (Å²) in [6.45, 7) is 0. The number of nitriles is 1. The zero-order chi connectivity index (χ0) is 38.1. The molecular formula is C55H36N2. The first-order chi connectivity index (χ1) is 28.2. The first-order valence-corrected chi connectivity index (χ1v) is 19.3. The zero-order valence-corrected chi connectivity index (χ0v) is 31.2. The van der Waals surface area contributed by atoms with Crippen LogP contribution < -0.4 is 0 Å². The minimum Gasteiger partial charge on any atom is -0.308 e. The van der Waals surface area contributed by atoms with Crippen molar-refractivity contribution in [1.29, 1.82) is 5.26 Å². The first-order valence-electron chi connectivity index (χ1n) is 19.3. The van der Waals surface area contributed by atoms with E-state index in [0.717, 1.165) is 49.7 Å². The summed E-state index contributed by atoms with van der Waals surface area (Å²) in [5.41, 5.74) is 17.6. The van der Waals surface area contributed by atoms with E-state index in [1.165, 1.54) is 44.5 Å². The largest absolute Gasteiger partial charge is 0.308 e. The SMILES string of the molecule is N#Cc1ccccc1-n1c2ccc(-c3cc(-c4ccccc4)cc(-c4ccccc4)c3)cc2c2cc(-c3cc(-c4ccccc4)cc(-c4ccccc4)c3)ccc21. The molecule has 0 aliphatic rings. The standard InChI is InChI=1S/C55H36N2/c56-37-44-23-13-14-24-53(44)57-54-27-25-42(49-31-45(38-15-5-1-6-16-38)29-46(32-49)39-17-7-2-8-18-39)35-51(54)52-36-43(26-28-55(52)57)50-33-47(40-19-9-3-10-20-40)30-48(34-50)41-21-11-4-12-22-41/h1-36H. The highest BCUT2D eigenvalue weighted by Crippen LogP contribution is 2.41. The van der Waals surface area contributed by atoms with Gasteiger partial charge in [-0.25, -0.2) is 0 Å². The van der Waals surface area contributed by atoms with Gasteiger partial charge < -0.3 is 4.57 Å². The van der Waals surface area contributed by atoms with E-state index in [-0.39, 0.29) is 0 Å². The summed E-state index contributed by atoms with van der Waals surface area (Å²) in [7, 11) is 0. The molecule has 9 aromatic carbocycles. The first kappa shape index (κ1) is 33.8. The molecule has 0 aliphatic carbocycles. The van der Waals surface area contributed by atoms with Crippen molar-refractivity contribution in [3.05, 3.63) is 224 Å². The van der Waals surface area contributed by atoms with Crippen molar-refractivity contribution in [1.82, 2.24) is 4.57 Å². The van der Waals surface area contributed by atoms with Crippen LogP contribution in [0.1, 0.15) is 5.56 Å². The maximum absolute atomic E-state index is 10.3. The molecule has 2 nitrogen and oxygen atoms in total. The molecule has 0 amide bonds. The van der Waals surface area contributed by atoms with Gasteiger partial charge in [-0.3, -0.25) is 0 Å². The lowest BCUT2D eigenvalue weighted by Gasteiger charge is -2.12. The summed E-state index contributed by atoms with van der Waals surface area (Å²) in [5.74, 6) is 0. The van der Waals surface area contributed by atoms with Crippen molar-refractivity contribution < 1.29 is 0 Å². The quantitative estimate of drug-likeness (QED) is 0.161. The fourth-order valence-corrected chi connectivity index (χ4v) is 8.18. The summed E-state index contributed by atoms with van der Waals surface area (Å²) >= 11 is 0. The summed E-state index contributed by atoms with van der Waals surface area (Å²) < 4.78 is 2.25. The summed E-state index contributed by atoms with van der Waals surface area (Å²) in [5, 5.41) is 12.5. The van der Waals surface area contributed by atoms with E-state index < -0.39 is 0 Å². The molecule has 0 saturated carbocycles. The van der Waals surface area contributed by atoms with Crippen LogP contribution in [0.4, 0.5) is 0 Å². The molecule has 0 N–H and O–H groups in total. The van der Waals surface area contributed by atoms with E-state index in [1.807, 2.05) is 24.3 Å². The number of hydrogen-bond acceptors (Lipinski definition) is 1. The van der Waals surface area contributed by atoms with Crippen molar-refractivity contribution in [3.8, 4) is 78.5 Å². The third-order valence-corrected chi connectivity index (χ3v) is 11.0. The molecule has 10 aromatic rings. The normalized spacial score (nSPS) is 11.1. The number of fused-ring (bicyclic) bond motifs is 3. The van der Waals surface area contributed by atoms with Crippen molar-refractivity contribution >= 4 is 21.8 Å². The van der Waals surface area contributed by atoms with Crippen molar-refractivity contribution in [2.75, 3.05) is 0 Å². The van der Waals surface area contributed by atoms with E-state index in [1.54, 1.807) is 0 Å². The Labute approximate surface area is 332 Å². The van der Waals surface area contributed by atoms with Gasteiger partial charge in [0, 0.05) is 10.8 Å². The Morgan fingerprint density at radius 2 is 0.596 bits per heavy atom. The summed E-state index contributed by atoms with van der Waals surface area (Å²) in [4.78, 5) is 0. The van der Waals surface area contributed by atoms with E-state index in [4.69, 9.17) is 0 Å². The third-order valence-electron chi connectivity index (χ3n) is 11.0. The molecule has 0 aliphatic heterocycles. The highest BCUT2D eigenvalue weighted by atomic mass is 15.0. The summed E-state index contributed by atoms with van der Waals surface area (Å²) in [6.07, 6.45) is 0. The van der Waals surface area contributed by atoms with Crippen LogP contribution in [-0.2, 0) is 0 Å². The number of rotatable bonds is 7. The molecule has 0 atom stereocenters. The molecule has 0 fully saturated rings. The highest BCUT2D eigenvalue weighted by Gasteiger charge is 2.18. The smallest absolute Gasteiger partial charge is 0.101 e. The minimum absolute atomic E-state index is 0.635. The maximum Gasteiger partial charge on any atom is 0.101 e. The number of para-hydroxylation sites is 1. The fourth-order valence-electron chi connectivity index (χ4n) is 8.18. The van der Waals surface area contributed by atoms with Gasteiger partial charge in [-0.2, -0.15) is 5.26 Å². The highest BCUT2D eigenvalue weighted by molar-refractivity contribution is 6.12. The van der Waals surface area contributed by atoms with Gasteiger partial charge in [-0.1, -0.05) is 146 Å². The second-order valence-corrected chi connectivity index (χ2v) is 14.5. The minimum atomic E-state index is 0.635. The molecule has 1 aromatic heterocycles. The van der Waals surface area contributed by atoms with E-state index in [2.05, 4.69) is 205 Å². The van der Waals surface area contributed by atoms with Crippen LogP contribution in [0.3, 0.4) is 0 Å². The van der Waals surface area contributed by atoms with Gasteiger partial charge in [0.2, 0.25) is 0 Å². The molecule has 266 valence electrons. The number of aromatic nitrogens is 1. The molecule has 0 unspecified atom stereocenters. The molecule has 57 heavy (non-hydrogen) atoms. The van der Waals surface area contributed by atoms with Crippen LogP contribution in [-0.4, -0.2) is 4.57 Å². The molecule has 10 rings (SSSR count). The molecule has 1 heterocycles. The van der Waals surface area contributed by atoms with Crippen molar-refractivity contribution in [3.63, 3.8) is 0 Å². The van der Waals surface area contributed by atoms with Crippen LogP contribution in [0.2, 0.25) is 0 Å². The molecule has 0 bridgehead atoms. The van der Waals surface area contributed by atoms with Gasteiger partial charge >= 0.3 is 0 Å². The lowest BCUT2D eigenvalue weighted by atomic mass is 9.92. The third kappa shape index (κ3) is 6.38. The average molecular weight is 725 g/mol. The number of benzene rings is 9. The fraction of sp³-hybridized carbons (Fsp3) is 0. The van der Waals surface area contributed by atoms with Crippen LogP contribution in [0.5, 0.6) is 0 Å². The monoisotopic (exact) mass is 724 g/mol. The van der Waals surface area contributed by atoms with Gasteiger partial charge in [-0.15, -0.1) is 0 Å². The molecular weight excluding hydrogens is 689 g/mol. The predicted molar refractivity (Wildman–Crippen MR) is 238 cm³/mol. The van der Waals surface area contributed by atoms with Crippen LogP contribution in [0.15, 0.2) is 218 Å². The maximum atomic E-state index is 10.3. The summed E-state index contributed by atoms with van der Waals surface area (Å²) in [6, 6.07) is 80.1. The number of nitrogens with zero attached hydrogens (tertiary/aromatic N) is 2. The average Bonchev–Trinajstić information content (AvgIpc) is 3.62. The Morgan fingerprint density at radius 3 is 0.947 bits per heavy atom. The van der Waals surface area contributed by atoms with Crippen LogP contribution in [0, 0.1) is 11.3 Å². The van der Waals surface area contributed by atoms with Gasteiger partial charge in [0.15, 0.2) is 0 Å². The van der Waals surface area contributed by atoms with Gasteiger partial charge in [0.05, 0.1) is 22.3 Å². The van der Waals surface area contributed by atoms with Crippen molar-refractivity contribution in [2.24, 2.45) is 0 Å². The molecule has 0 spiro atoms. The van der Waals surface area contributed by atoms with Crippen LogP contribution >= 0.6 is 0 Å². The Hall–Kier alpha value is -7.73. The topological polar surface area (TPSA) is 28.7 Å². The lowest BCUT2D eigenvalue weighted by molar-refractivity contribution is 1.17. The molecule has 0 radical (unpaired) electrons. The number of hydrogen-bond donors (Lipinski definition) is 0. The lowest BCUT2D eigenvalue weighted by Crippen LogP contribution is -1.97. The Bertz CT molecular complexity index is 2800.